The van der Waals surface area contributed by atoms with Crippen LogP contribution in [0, 0.1) is 0 Å². The van der Waals surface area contributed by atoms with E-state index in [1.54, 1.807) is 19.2 Å². The first-order valence-electron chi connectivity index (χ1n) is 5.30. The molecular weight excluding hydrogens is 214 g/mol. The molecular formula is C14H13NO2. The summed E-state index contributed by atoms with van der Waals surface area (Å²) in [5.41, 5.74) is 1.29. The Hall–Kier alpha value is -2.29. The van der Waals surface area contributed by atoms with Crippen molar-refractivity contribution in [3.05, 3.63) is 60.2 Å². The molecule has 0 saturated heterocycles. The molecule has 0 heterocycles. The van der Waals surface area contributed by atoms with Gasteiger partial charge in [-0.1, -0.05) is 30.3 Å². The molecule has 0 atom stereocenters. The molecule has 1 amide bonds. The molecule has 86 valence electrons. The maximum absolute atomic E-state index is 12.0. The highest BCUT2D eigenvalue weighted by atomic mass is 16.5. The van der Waals surface area contributed by atoms with Crippen LogP contribution in [0.5, 0.6) is 5.75 Å². The van der Waals surface area contributed by atoms with Gasteiger partial charge < -0.3 is 10.1 Å². The first-order valence-corrected chi connectivity index (χ1v) is 5.30. The third kappa shape index (κ3) is 2.64. The van der Waals surface area contributed by atoms with Crippen molar-refractivity contribution in [2.45, 2.75) is 0 Å². The first-order chi connectivity index (χ1) is 8.31. The summed E-state index contributed by atoms with van der Waals surface area (Å²) in [6.07, 6.45) is 0. The molecule has 3 heteroatoms. The molecule has 0 aliphatic carbocycles. The Morgan fingerprint density at radius 1 is 1.00 bits per heavy atom. The molecule has 0 aliphatic rings. The molecule has 2 rings (SSSR count). The lowest BCUT2D eigenvalue weighted by atomic mass is 10.2. The molecule has 1 N–H and O–H groups in total. The zero-order valence-corrected chi connectivity index (χ0v) is 9.51. The highest BCUT2D eigenvalue weighted by molar-refractivity contribution is 6.06. The summed E-state index contributed by atoms with van der Waals surface area (Å²) in [6.45, 7) is 0. The number of amides is 1. The van der Waals surface area contributed by atoms with E-state index in [0.29, 0.717) is 11.3 Å². The monoisotopic (exact) mass is 227 g/mol. The standard InChI is InChI=1S/C14H13NO2/c1-17-13-10-6-5-9-12(13)14(16)15-11-7-3-2-4-8-11/h2-10H,1H3,(H,15,16). The van der Waals surface area contributed by atoms with Crippen molar-refractivity contribution < 1.29 is 9.53 Å². The van der Waals surface area contributed by atoms with Crippen LogP contribution in [0.4, 0.5) is 5.69 Å². The van der Waals surface area contributed by atoms with Crippen molar-refractivity contribution in [1.82, 2.24) is 0 Å². The number of anilines is 1. The minimum Gasteiger partial charge on any atom is -0.496 e. The van der Waals surface area contributed by atoms with Gasteiger partial charge in [0.2, 0.25) is 0 Å². The van der Waals surface area contributed by atoms with E-state index in [-0.39, 0.29) is 5.91 Å². The number of carbonyl (C=O) groups is 1. The molecule has 0 bridgehead atoms. The Morgan fingerprint density at radius 2 is 1.65 bits per heavy atom. The van der Waals surface area contributed by atoms with E-state index < -0.39 is 0 Å². The number of nitrogens with one attached hydrogen (secondary N) is 1. The van der Waals surface area contributed by atoms with Gasteiger partial charge in [0, 0.05) is 5.69 Å². The van der Waals surface area contributed by atoms with Gasteiger partial charge >= 0.3 is 0 Å². The highest BCUT2D eigenvalue weighted by Gasteiger charge is 2.10. The number of methoxy groups -OCH3 is 1. The molecule has 0 fully saturated rings. The van der Waals surface area contributed by atoms with Crippen LogP contribution in [0.2, 0.25) is 0 Å². The molecule has 0 aliphatic heterocycles. The maximum atomic E-state index is 12.0. The van der Waals surface area contributed by atoms with Crippen molar-refractivity contribution >= 4 is 11.6 Å². The van der Waals surface area contributed by atoms with Crippen LogP contribution in [0.1, 0.15) is 10.4 Å². The number of hydrogen-bond donors (Lipinski definition) is 1. The Labute approximate surface area is 100 Å². The van der Waals surface area contributed by atoms with Gasteiger partial charge in [-0.3, -0.25) is 4.79 Å². The van der Waals surface area contributed by atoms with Crippen LogP contribution in [0.15, 0.2) is 54.6 Å². The molecule has 0 unspecified atom stereocenters. The number of hydrogen-bond acceptors (Lipinski definition) is 2. The van der Waals surface area contributed by atoms with Crippen molar-refractivity contribution in [3.8, 4) is 5.75 Å². The Bertz CT molecular complexity index is 509. The molecule has 17 heavy (non-hydrogen) atoms. The van der Waals surface area contributed by atoms with Gasteiger partial charge in [-0.15, -0.1) is 0 Å². The first kappa shape index (κ1) is 11.2. The normalized spacial score (nSPS) is 9.71. The maximum Gasteiger partial charge on any atom is 0.259 e. The Kier molecular flexibility index (Phi) is 3.40. The topological polar surface area (TPSA) is 38.3 Å². The Balaban J connectivity index is 2.20. The van der Waals surface area contributed by atoms with Crippen molar-refractivity contribution in [2.75, 3.05) is 12.4 Å². The Morgan fingerprint density at radius 3 is 2.35 bits per heavy atom. The van der Waals surface area contributed by atoms with Crippen molar-refractivity contribution in [2.24, 2.45) is 0 Å². The average molecular weight is 227 g/mol. The van der Waals surface area contributed by atoms with E-state index in [1.807, 2.05) is 42.5 Å². The third-order valence-corrected chi connectivity index (χ3v) is 2.38. The second kappa shape index (κ2) is 5.16. The minimum absolute atomic E-state index is 0.173. The summed E-state index contributed by atoms with van der Waals surface area (Å²) in [6, 6.07) is 16.5. The second-order valence-corrected chi connectivity index (χ2v) is 3.52. The number of benzene rings is 2. The average Bonchev–Trinajstić information content (AvgIpc) is 2.40. The van der Waals surface area contributed by atoms with E-state index in [4.69, 9.17) is 4.74 Å². The number of carbonyl (C=O) groups excluding carboxylic acids is 1. The number of para-hydroxylation sites is 2. The summed E-state index contributed by atoms with van der Waals surface area (Å²) >= 11 is 0. The predicted octanol–water partition coefficient (Wildman–Crippen LogP) is 2.95. The van der Waals surface area contributed by atoms with Gasteiger partial charge in [-0.2, -0.15) is 0 Å². The fourth-order valence-electron chi connectivity index (χ4n) is 1.55. The van der Waals surface area contributed by atoms with E-state index in [9.17, 15) is 4.79 Å². The summed E-state index contributed by atoms with van der Waals surface area (Å²) in [5, 5.41) is 2.81. The molecule has 3 nitrogen and oxygen atoms in total. The van der Waals surface area contributed by atoms with Gasteiger partial charge in [-0.05, 0) is 24.3 Å². The molecule has 0 aromatic heterocycles. The van der Waals surface area contributed by atoms with Crippen molar-refractivity contribution in [1.29, 1.82) is 0 Å². The van der Waals surface area contributed by atoms with E-state index in [2.05, 4.69) is 5.32 Å². The lowest BCUT2D eigenvalue weighted by Gasteiger charge is -2.08. The lowest BCUT2D eigenvalue weighted by Crippen LogP contribution is -2.12. The van der Waals surface area contributed by atoms with Crippen LogP contribution in [-0.4, -0.2) is 13.0 Å². The summed E-state index contributed by atoms with van der Waals surface area (Å²) < 4.78 is 5.14. The van der Waals surface area contributed by atoms with E-state index in [1.165, 1.54) is 0 Å². The van der Waals surface area contributed by atoms with Gasteiger partial charge in [0.1, 0.15) is 5.75 Å². The fraction of sp³-hybridized carbons (Fsp3) is 0.0714. The highest BCUT2D eigenvalue weighted by Crippen LogP contribution is 2.18. The smallest absolute Gasteiger partial charge is 0.259 e. The molecule has 2 aromatic carbocycles. The van der Waals surface area contributed by atoms with Gasteiger partial charge in [0.15, 0.2) is 0 Å². The number of ether oxygens (including phenoxy) is 1. The molecule has 0 radical (unpaired) electrons. The van der Waals surface area contributed by atoms with E-state index >= 15 is 0 Å². The van der Waals surface area contributed by atoms with Crippen LogP contribution >= 0.6 is 0 Å². The molecule has 2 aromatic rings. The number of rotatable bonds is 3. The summed E-state index contributed by atoms with van der Waals surface area (Å²) in [7, 11) is 1.55. The third-order valence-electron chi connectivity index (χ3n) is 2.38. The molecule has 0 spiro atoms. The zero-order valence-electron chi connectivity index (χ0n) is 9.51. The summed E-state index contributed by atoms with van der Waals surface area (Å²) in [5.74, 6) is 0.398. The van der Waals surface area contributed by atoms with E-state index in [0.717, 1.165) is 5.69 Å². The van der Waals surface area contributed by atoms with Crippen LogP contribution in [-0.2, 0) is 0 Å². The van der Waals surface area contributed by atoms with Gasteiger partial charge in [-0.25, -0.2) is 0 Å². The largest absolute Gasteiger partial charge is 0.496 e. The minimum atomic E-state index is -0.173. The second-order valence-electron chi connectivity index (χ2n) is 3.52. The van der Waals surface area contributed by atoms with Crippen LogP contribution in [0.3, 0.4) is 0 Å². The molecule has 0 saturated carbocycles. The predicted molar refractivity (Wildman–Crippen MR) is 67.4 cm³/mol. The summed E-state index contributed by atoms with van der Waals surface area (Å²) in [4.78, 5) is 12.0. The quantitative estimate of drug-likeness (QED) is 0.875. The van der Waals surface area contributed by atoms with Crippen LogP contribution in [0.25, 0.3) is 0 Å². The van der Waals surface area contributed by atoms with Crippen LogP contribution < -0.4 is 10.1 Å². The fourth-order valence-corrected chi connectivity index (χ4v) is 1.55. The lowest BCUT2D eigenvalue weighted by molar-refractivity contribution is 0.102. The van der Waals surface area contributed by atoms with Crippen molar-refractivity contribution in [3.63, 3.8) is 0 Å². The van der Waals surface area contributed by atoms with Gasteiger partial charge in [0.25, 0.3) is 5.91 Å². The van der Waals surface area contributed by atoms with Gasteiger partial charge in [0.05, 0.1) is 12.7 Å². The SMILES string of the molecule is COc1ccccc1C(=O)Nc1ccccc1. The zero-order chi connectivity index (χ0) is 12.1.